The summed E-state index contributed by atoms with van der Waals surface area (Å²) in [5.41, 5.74) is 0. The van der Waals surface area contributed by atoms with Crippen LogP contribution in [-0.4, -0.2) is 193 Å². The van der Waals surface area contributed by atoms with Crippen LogP contribution in [0.5, 0.6) is 0 Å². The van der Waals surface area contributed by atoms with E-state index in [9.17, 15) is 61.0 Å². The molecule has 17 unspecified atom stereocenters. The van der Waals surface area contributed by atoms with Gasteiger partial charge in [0.05, 0.1) is 38.6 Å². The lowest BCUT2D eigenvalue weighted by Crippen LogP contribution is -2.66. The Morgan fingerprint density at radius 3 is 1.46 bits per heavy atom. The smallest absolute Gasteiger partial charge is 0.220 e. The molecule has 0 bridgehead atoms. The van der Waals surface area contributed by atoms with Crippen LogP contribution in [0, 0.1) is 0 Å². The van der Waals surface area contributed by atoms with Gasteiger partial charge in [-0.1, -0.05) is 127 Å². The minimum atomic E-state index is -1.98. The third kappa shape index (κ3) is 20.3. The van der Waals surface area contributed by atoms with Crippen LogP contribution in [0.15, 0.2) is 36.5 Å². The first kappa shape index (κ1) is 60.3. The Hall–Kier alpha value is -1.99. The molecule has 0 spiro atoms. The van der Waals surface area contributed by atoms with Crippen molar-refractivity contribution in [1.29, 1.82) is 0 Å². The standard InChI is InChI=1S/C49H87NO18/c1-3-5-7-9-11-13-15-17-18-20-22-24-26-33(54)32(50-37(55)27-25-23-21-19-16-14-12-10-8-6-4-2)31-63-47-43(61)40(58)45(35(29-52)65-47)68-49-44(62)41(59)46(36(30-53)66-49)67-48-42(60)39(57)38(56)34(28-51)64-48/h9,11,17-18,24,26,32-36,38-49,51-54,56-62H,3-8,10,12-16,19-23,25,27-31H2,1-2H3,(H,50,55)/b11-9+,18-17+,26-24+. The summed E-state index contributed by atoms with van der Waals surface area (Å²) in [7, 11) is 0. The SMILES string of the molecule is CCCC/C=C/CC/C=C/CC/C=C/C(O)C(COC1OC(CO)C(OC2OC(CO)C(OC3OC(CO)C(O)C(O)C3O)C(O)C2O)C(O)C1O)NC(=O)CCCCCCCCCCCCC. The molecular weight excluding hydrogens is 891 g/mol. The monoisotopic (exact) mass is 978 g/mol. The number of amides is 1. The second-order valence-electron chi connectivity index (χ2n) is 18.3. The van der Waals surface area contributed by atoms with Gasteiger partial charge in [0.15, 0.2) is 18.9 Å². The Labute approximate surface area is 402 Å². The summed E-state index contributed by atoms with van der Waals surface area (Å²) in [6.07, 6.45) is 4.49. The van der Waals surface area contributed by atoms with E-state index in [2.05, 4.69) is 43.5 Å². The van der Waals surface area contributed by atoms with Crippen molar-refractivity contribution in [1.82, 2.24) is 5.32 Å². The van der Waals surface area contributed by atoms with E-state index in [-0.39, 0.29) is 18.9 Å². The topological polar surface area (TPSA) is 307 Å². The molecule has 3 saturated heterocycles. The number of aliphatic hydroxyl groups excluding tert-OH is 11. The fourth-order valence-electron chi connectivity index (χ4n) is 8.38. The molecule has 19 heteroatoms. The molecule has 0 saturated carbocycles. The Kier molecular flexibility index (Phi) is 30.5. The van der Waals surface area contributed by atoms with Gasteiger partial charge >= 0.3 is 0 Å². The molecule has 3 fully saturated rings. The average Bonchev–Trinajstić information content (AvgIpc) is 3.33. The number of hydrogen-bond donors (Lipinski definition) is 12. The third-order valence-electron chi connectivity index (χ3n) is 12.7. The van der Waals surface area contributed by atoms with Crippen LogP contribution in [-0.2, 0) is 33.2 Å². The average molecular weight is 978 g/mol. The zero-order chi connectivity index (χ0) is 49.8. The predicted molar refractivity (Wildman–Crippen MR) is 249 cm³/mol. The Bertz CT molecular complexity index is 1400. The van der Waals surface area contributed by atoms with Gasteiger partial charge in [0.1, 0.15) is 73.2 Å². The number of aliphatic hydroxyl groups is 11. The summed E-state index contributed by atoms with van der Waals surface area (Å²) in [5.74, 6) is -0.296. The highest BCUT2D eigenvalue weighted by Gasteiger charge is 2.53. The van der Waals surface area contributed by atoms with E-state index >= 15 is 0 Å². The quantitative estimate of drug-likeness (QED) is 0.0321. The lowest BCUT2D eigenvalue weighted by Gasteiger charge is -2.48. The molecule has 1 amide bonds. The van der Waals surface area contributed by atoms with Crippen molar-refractivity contribution in [2.75, 3.05) is 26.4 Å². The zero-order valence-corrected chi connectivity index (χ0v) is 40.3. The van der Waals surface area contributed by atoms with Gasteiger partial charge in [0.25, 0.3) is 0 Å². The molecule has 3 aliphatic rings. The van der Waals surface area contributed by atoms with Crippen molar-refractivity contribution in [2.45, 2.75) is 240 Å². The van der Waals surface area contributed by atoms with E-state index in [1.165, 1.54) is 57.8 Å². The molecule has 396 valence electrons. The Morgan fingerprint density at radius 1 is 0.515 bits per heavy atom. The van der Waals surface area contributed by atoms with Crippen LogP contribution in [0.25, 0.3) is 0 Å². The van der Waals surface area contributed by atoms with Gasteiger partial charge in [-0.05, 0) is 38.5 Å². The number of ether oxygens (including phenoxy) is 6. The first-order valence-electron chi connectivity index (χ1n) is 25.2. The number of unbranched alkanes of at least 4 members (excludes halogenated alkanes) is 14. The molecule has 0 aromatic rings. The first-order chi connectivity index (χ1) is 32.8. The molecule has 12 N–H and O–H groups in total. The Morgan fingerprint density at radius 2 is 0.941 bits per heavy atom. The van der Waals surface area contributed by atoms with Crippen molar-refractivity contribution in [3.05, 3.63) is 36.5 Å². The van der Waals surface area contributed by atoms with E-state index in [1.54, 1.807) is 6.08 Å². The number of nitrogens with one attached hydrogen (secondary N) is 1. The molecule has 19 nitrogen and oxygen atoms in total. The van der Waals surface area contributed by atoms with E-state index < -0.39 is 124 Å². The number of carbonyl (C=O) groups is 1. The predicted octanol–water partition coefficient (Wildman–Crippen LogP) is 1.42. The highest BCUT2D eigenvalue weighted by molar-refractivity contribution is 5.76. The van der Waals surface area contributed by atoms with Gasteiger partial charge in [-0.25, -0.2) is 0 Å². The van der Waals surface area contributed by atoms with Crippen LogP contribution in [0.3, 0.4) is 0 Å². The summed E-state index contributed by atoms with van der Waals surface area (Å²) in [6, 6.07) is -0.989. The van der Waals surface area contributed by atoms with Crippen LogP contribution in [0.4, 0.5) is 0 Å². The number of allylic oxidation sites excluding steroid dienone is 5. The number of carbonyl (C=O) groups excluding carboxylic acids is 1. The van der Waals surface area contributed by atoms with Crippen molar-refractivity contribution in [3.8, 4) is 0 Å². The van der Waals surface area contributed by atoms with Gasteiger partial charge in [-0.15, -0.1) is 0 Å². The van der Waals surface area contributed by atoms with Crippen molar-refractivity contribution >= 4 is 5.91 Å². The maximum atomic E-state index is 13.2. The van der Waals surface area contributed by atoms with Crippen molar-refractivity contribution in [2.24, 2.45) is 0 Å². The van der Waals surface area contributed by atoms with E-state index in [0.29, 0.717) is 12.8 Å². The summed E-state index contributed by atoms with van der Waals surface area (Å²) in [6.45, 7) is 1.58. The fraction of sp³-hybridized carbons (Fsp3) is 0.857. The lowest BCUT2D eigenvalue weighted by atomic mass is 9.96. The van der Waals surface area contributed by atoms with Gasteiger partial charge in [0.2, 0.25) is 5.91 Å². The van der Waals surface area contributed by atoms with E-state index in [4.69, 9.17) is 28.4 Å². The van der Waals surface area contributed by atoms with Crippen molar-refractivity contribution in [3.63, 3.8) is 0 Å². The summed E-state index contributed by atoms with van der Waals surface area (Å²) in [4.78, 5) is 13.2. The number of rotatable bonds is 34. The fourth-order valence-corrected chi connectivity index (χ4v) is 8.38. The molecule has 68 heavy (non-hydrogen) atoms. The summed E-state index contributed by atoms with van der Waals surface area (Å²) < 4.78 is 34.0. The highest BCUT2D eigenvalue weighted by atomic mass is 16.8. The van der Waals surface area contributed by atoms with Crippen LogP contribution in [0.1, 0.15) is 136 Å². The highest BCUT2D eigenvalue weighted by Crippen LogP contribution is 2.33. The second-order valence-corrected chi connectivity index (χ2v) is 18.3. The minimum absolute atomic E-state index is 0.233. The summed E-state index contributed by atoms with van der Waals surface area (Å²) >= 11 is 0. The zero-order valence-electron chi connectivity index (χ0n) is 40.3. The molecule has 0 aromatic carbocycles. The second kappa shape index (κ2) is 34.4. The maximum absolute atomic E-state index is 13.2. The first-order valence-corrected chi connectivity index (χ1v) is 25.2. The van der Waals surface area contributed by atoms with E-state index in [1.807, 2.05) is 6.08 Å². The third-order valence-corrected chi connectivity index (χ3v) is 12.7. The molecule has 0 aliphatic carbocycles. The molecule has 3 rings (SSSR count). The number of hydrogen-bond acceptors (Lipinski definition) is 18. The normalized spacial score (nSPS) is 33.5. The van der Waals surface area contributed by atoms with Crippen LogP contribution >= 0.6 is 0 Å². The maximum Gasteiger partial charge on any atom is 0.220 e. The van der Waals surface area contributed by atoms with Gasteiger partial charge in [-0.3, -0.25) is 4.79 Å². The molecule has 3 aliphatic heterocycles. The van der Waals surface area contributed by atoms with E-state index in [0.717, 1.165) is 44.9 Å². The molecular formula is C49H87NO18. The molecule has 17 atom stereocenters. The van der Waals surface area contributed by atoms with Crippen LogP contribution < -0.4 is 5.32 Å². The van der Waals surface area contributed by atoms with Crippen LogP contribution in [0.2, 0.25) is 0 Å². The van der Waals surface area contributed by atoms with Gasteiger partial charge in [-0.2, -0.15) is 0 Å². The minimum Gasteiger partial charge on any atom is -0.394 e. The van der Waals surface area contributed by atoms with Gasteiger partial charge in [0, 0.05) is 6.42 Å². The molecule has 0 aromatic heterocycles. The Balaban J connectivity index is 1.59. The molecule has 0 radical (unpaired) electrons. The van der Waals surface area contributed by atoms with Gasteiger partial charge < -0.3 is 89.9 Å². The molecule has 3 heterocycles. The largest absolute Gasteiger partial charge is 0.394 e. The lowest BCUT2D eigenvalue weighted by molar-refractivity contribution is -0.379. The summed E-state index contributed by atoms with van der Waals surface area (Å²) in [5, 5.41) is 119. The van der Waals surface area contributed by atoms with Crippen molar-refractivity contribution < 1.29 is 89.4 Å².